The Labute approximate surface area is 216 Å². The number of carbonyl (C=O) groups is 1. The molecule has 182 valence electrons. The molecule has 0 fully saturated rings. The Morgan fingerprint density at radius 3 is 2.56 bits per heavy atom. The number of fused-ring (bicyclic) bond motifs is 1. The number of hydrogen-bond donors (Lipinski definition) is 0. The average molecular weight is 517 g/mol. The molecule has 8 heteroatoms. The van der Waals surface area contributed by atoms with Gasteiger partial charge < -0.3 is 9.47 Å². The molecule has 0 aliphatic carbocycles. The largest absolute Gasteiger partial charge is 0.489 e. The molecule has 2 aromatic heterocycles. The second kappa shape index (κ2) is 10.5. The van der Waals surface area contributed by atoms with Crippen molar-refractivity contribution in [3.05, 3.63) is 119 Å². The van der Waals surface area contributed by atoms with E-state index in [1.54, 1.807) is 18.4 Å². The number of hydrogen-bond acceptors (Lipinski definition) is 7. The minimum absolute atomic E-state index is 0.184. The smallest absolute Gasteiger partial charge is 0.338 e. The summed E-state index contributed by atoms with van der Waals surface area (Å²) in [5, 5.41) is 1.94. The third kappa shape index (κ3) is 4.82. The first-order valence-corrected chi connectivity index (χ1v) is 13.2. The van der Waals surface area contributed by atoms with Crippen molar-refractivity contribution in [1.82, 2.24) is 4.57 Å². The number of rotatable bonds is 7. The molecule has 2 aromatic carbocycles. The van der Waals surface area contributed by atoms with E-state index in [1.165, 1.54) is 22.7 Å². The van der Waals surface area contributed by atoms with E-state index in [0.717, 1.165) is 21.8 Å². The highest BCUT2D eigenvalue weighted by Gasteiger charge is 2.33. The zero-order valence-corrected chi connectivity index (χ0v) is 21.5. The predicted molar refractivity (Wildman–Crippen MR) is 142 cm³/mol. The summed E-state index contributed by atoms with van der Waals surface area (Å²) in [5.74, 6) is 0.308. The van der Waals surface area contributed by atoms with Gasteiger partial charge in [0.1, 0.15) is 18.4 Å². The van der Waals surface area contributed by atoms with Crippen LogP contribution in [0.1, 0.15) is 35.9 Å². The van der Waals surface area contributed by atoms with Gasteiger partial charge >= 0.3 is 5.97 Å². The summed E-state index contributed by atoms with van der Waals surface area (Å²) in [5.41, 5.74) is 2.76. The molecule has 0 bridgehead atoms. The number of aromatic nitrogens is 1. The second-order valence-corrected chi connectivity index (χ2v) is 10.1. The number of thiazole rings is 1. The van der Waals surface area contributed by atoms with Crippen LogP contribution in [0, 0.1) is 0 Å². The molecule has 6 nitrogen and oxygen atoms in total. The van der Waals surface area contributed by atoms with Crippen molar-refractivity contribution in [1.29, 1.82) is 0 Å². The highest BCUT2D eigenvalue weighted by molar-refractivity contribution is 7.10. The number of thiophene rings is 1. The Kier molecular flexibility index (Phi) is 6.97. The van der Waals surface area contributed by atoms with Gasteiger partial charge in [0.05, 0.1) is 22.4 Å². The first kappa shape index (κ1) is 24.0. The molecular weight excluding hydrogens is 492 g/mol. The van der Waals surface area contributed by atoms with Gasteiger partial charge in [-0.25, -0.2) is 9.79 Å². The third-order valence-corrected chi connectivity index (χ3v) is 7.66. The molecule has 1 atom stereocenters. The van der Waals surface area contributed by atoms with Crippen LogP contribution in [-0.2, 0) is 16.1 Å². The maximum atomic E-state index is 13.6. The lowest BCUT2D eigenvalue weighted by Crippen LogP contribution is -2.39. The van der Waals surface area contributed by atoms with Crippen LogP contribution in [0.2, 0.25) is 0 Å². The summed E-state index contributed by atoms with van der Waals surface area (Å²) in [6.07, 6.45) is 1.85. The van der Waals surface area contributed by atoms with Crippen LogP contribution in [0.4, 0.5) is 0 Å². The lowest BCUT2D eigenvalue weighted by molar-refractivity contribution is -0.139. The van der Waals surface area contributed by atoms with Crippen molar-refractivity contribution < 1.29 is 14.3 Å². The summed E-state index contributed by atoms with van der Waals surface area (Å²) >= 11 is 2.81. The van der Waals surface area contributed by atoms with E-state index >= 15 is 0 Å². The summed E-state index contributed by atoms with van der Waals surface area (Å²) < 4.78 is 13.3. The summed E-state index contributed by atoms with van der Waals surface area (Å²) in [6, 6.07) is 20.9. The number of allylic oxidation sites excluding steroid dienone is 1. The molecule has 5 rings (SSSR count). The van der Waals surface area contributed by atoms with Crippen molar-refractivity contribution in [2.75, 3.05) is 6.61 Å². The quantitative estimate of drug-likeness (QED) is 0.341. The van der Waals surface area contributed by atoms with Gasteiger partial charge in [-0.15, -0.1) is 11.3 Å². The molecule has 1 aliphatic heterocycles. The van der Waals surface area contributed by atoms with E-state index in [9.17, 15) is 9.59 Å². The van der Waals surface area contributed by atoms with Gasteiger partial charge in [-0.2, -0.15) is 0 Å². The van der Waals surface area contributed by atoms with Crippen molar-refractivity contribution in [2.45, 2.75) is 26.5 Å². The first-order valence-electron chi connectivity index (χ1n) is 11.5. The SMILES string of the molecule is CCOC(=O)C1=C(C)N=c2s/c(=C/c3ccc(OCc4ccccc4)cc3)c(=O)n2C1c1cccs1. The van der Waals surface area contributed by atoms with Gasteiger partial charge in [-0.3, -0.25) is 9.36 Å². The number of carbonyl (C=O) groups excluding carboxylic acids is 1. The van der Waals surface area contributed by atoms with E-state index in [1.807, 2.05) is 78.2 Å². The molecule has 0 N–H and O–H groups in total. The lowest BCUT2D eigenvalue weighted by atomic mass is 10.0. The van der Waals surface area contributed by atoms with Gasteiger partial charge in [-0.1, -0.05) is 59.9 Å². The molecule has 1 aliphatic rings. The highest BCUT2D eigenvalue weighted by atomic mass is 32.1. The summed E-state index contributed by atoms with van der Waals surface area (Å²) in [7, 11) is 0. The molecule has 4 aromatic rings. The molecule has 0 saturated heterocycles. The maximum absolute atomic E-state index is 13.6. The van der Waals surface area contributed by atoms with Crippen LogP contribution in [0.5, 0.6) is 5.75 Å². The standard InChI is InChI=1S/C28H24N2O4S2/c1-3-33-27(32)24-18(2)29-28-30(25(24)22-10-7-15-35-22)26(31)23(36-28)16-19-11-13-21(14-12-19)34-17-20-8-5-4-6-9-20/h4-16,25H,3,17H2,1-2H3/b23-16+. The molecule has 0 spiro atoms. The summed E-state index contributed by atoms with van der Waals surface area (Å²) in [4.78, 5) is 32.5. The van der Waals surface area contributed by atoms with Crippen LogP contribution in [0.25, 0.3) is 6.08 Å². The van der Waals surface area contributed by atoms with Gasteiger partial charge in [0.2, 0.25) is 0 Å². The second-order valence-electron chi connectivity index (χ2n) is 8.16. The van der Waals surface area contributed by atoms with Crippen LogP contribution in [0.3, 0.4) is 0 Å². The minimum atomic E-state index is -0.559. The summed E-state index contributed by atoms with van der Waals surface area (Å²) in [6.45, 7) is 4.30. The average Bonchev–Trinajstić information content (AvgIpc) is 3.52. The Hall–Kier alpha value is -3.75. The van der Waals surface area contributed by atoms with Crippen LogP contribution >= 0.6 is 22.7 Å². The zero-order valence-electron chi connectivity index (χ0n) is 19.8. The molecule has 0 radical (unpaired) electrons. The normalized spacial score (nSPS) is 15.4. The van der Waals surface area contributed by atoms with E-state index in [2.05, 4.69) is 4.99 Å². The number of nitrogens with zero attached hydrogens (tertiary/aromatic N) is 2. The third-order valence-electron chi connectivity index (χ3n) is 5.76. The van der Waals surface area contributed by atoms with Crippen molar-refractivity contribution in [3.8, 4) is 5.75 Å². The van der Waals surface area contributed by atoms with E-state index in [-0.39, 0.29) is 12.2 Å². The molecule has 0 saturated carbocycles. The highest BCUT2D eigenvalue weighted by Crippen LogP contribution is 2.33. The maximum Gasteiger partial charge on any atom is 0.338 e. The Bertz CT molecular complexity index is 1580. The zero-order chi connectivity index (χ0) is 25.1. The minimum Gasteiger partial charge on any atom is -0.489 e. The predicted octanol–water partition coefficient (Wildman–Crippen LogP) is 4.44. The topological polar surface area (TPSA) is 69.9 Å². The van der Waals surface area contributed by atoms with Crippen LogP contribution in [-0.4, -0.2) is 17.1 Å². The molecular formula is C28H24N2O4S2. The van der Waals surface area contributed by atoms with E-state index in [0.29, 0.717) is 27.2 Å². The Morgan fingerprint density at radius 2 is 1.86 bits per heavy atom. The number of benzene rings is 2. The van der Waals surface area contributed by atoms with Gasteiger partial charge in [0.15, 0.2) is 4.80 Å². The fourth-order valence-electron chi connectivity index (χ4n) is 4.06. The van der Waals surface area contributed by atoms with Crippen molar-refractivity contribution in [3.63, 3.8) is 0 Å². The van der Waals surface area contributed by atoms with Gasteiger partial charge in [-0.05, 0) is 54.6 Å². The molecule has 3 heterocycles. The van der Waals surface area contributed by atoms with Crippen molar-refractivity contribution >= 4 is 34.7 Å². The van der Waals surface area contributed by atoms with Crippen LogP contribution in [0.15, 0.2) is 93.2 Å². The molecule has 0 amide bonds. The monoisotopic (exact) mass is 516 g/mol. The van der Waals surface area contributed by atoms with Gasteiger partial charge in [0.25, 0.3) is 5.56 Å². The Morgan fingerprint density at radius 1 is 1.08 bits per heavy atom. The molecule has 1 unspecified atom stereocenters. The number of ether oxygens (including phenoxy) is 2. The first-order chi connectivity index (χ1) is 17.5. The lowest BCUT2D eigenvalue weighted by Gasteiger charge is -2.23. The van der Waals surface area contributed by atoms with Crippen molar-refractivity contribution in [2.24, 2.45) is 4.99 Å². The fourth-order valence-corrected chi connectivity index (χ4v) is 5.93. The molecule has 36 heavy (non-hydrogen) atoms. The fraction of sp³-hybridized carbons (Fsp3) is 0.179. The van der Waals surface area contributed by atoms with E-state index < -0.39 is 12.0 Å². The van der Waals surface area contributed by atoms with E-state index in [4.69, 9.17) is 9.47 Å². The number of esters is 1. The van der Waals surface area contributed by atoms with Gasteiger partial charge in [0, 0.05) is 4.88 Å². The Balaban J connectivity index is 1.48. The van der Waals surface area contributed by atoms with Crippen LogP contribution < -0.4 is 19.6 Å².